The van der Waals surface area contributed by atoms with Crippen LogP contribution in [0.1, 0.15) is 32.6 Å². The van der Waals surface area contributed by atoms with E-state index in [4.69, 9.17) is 0 Å². The van der Waals surface area contributed by atoms with Crippen molar-refractivity contribution in [2.45, 2.75) is 44.7 Å². The normalized spacial score (nSPS) is 32.0. The Hall–Kier alpha value is -0.610. The zero-order chi connectivity index (χ0) is 11.5. The first-order chi connectivity index (χ1) is 7.74. The van der Waals surface area contributed by atoms with Gasteiger partial charge in [-0.2, -0.15) is 0 Å². The van der Waals surface area contributed by atoms with Gasteiger partial charge in [0.2, 0.25) is 5.91 Å². The van der Waals surface area contributed by atoms with Crippen LogP contribution in [-0.4, -0.2) is 47.7 Å². The second kappa shape index (κ2) is 5.15. The van der Waals surface area contributed by atoms with E-state index in [2.05, 4.69) is 5.32 Å². The van der Waals surface area contributed by atoms with Gasteiger partial charge in [-0.05, 0) is 38.1 Å². The number of likely N-dealkylation sites (tertiary alicyclic amines) is 1. The van der Waals surface area contributed by atoms with Gasteiger partial charge in [-0.15, -0.1) is 0 Å². The van der Waals surface area contributed by atoms with Crippen LogP contribution in [0.25, 0.3) is 0 Å². The van der Waals surface area contributed by atoms with Gasteiger partial charge in [0, 0.05) is 19.2 Å². The SMILES string of the molecule is CC(CO)[C@@H]1CCCN1C(=O)[C@@H]1CCCN1. The average Bonchev–Trinajstić information content (AvgIpc) is 2.97. The molecule has 0 aliphatic carbocycles. The zero-order valence-electron chi connectivity index (χ0n) is 9.98. The van der Waals surface area contributed by atoms with E-state index in [0.29, 0.717) is 0 Å². The summed E-state index contributed by atoms with van der Waals surface area (Å²) in [7, 11) is 0. The number of carbonyl (C=O) groups excluding carboxylic acids is 1. The fraction of sp³-hybridized carbons (Fsp3) is 0.917. The van der Waals surface area contributed by atoms with Crippen molar-refractivity contribution in [1.82, 2.24) is 10.2 Å². The van der Waals surface area contributed by atoms with Gasteiger partial charge in [-0.25, -0.2) is 0 Å². The molecular formula is C12H22N2O2. The number of amides is 1. The molecule has 1 unspecified atom stereocenters. The molecule has 2 fully saturated rings. The summed E-state index contributed by atoms with van der Waals surface area (Å²) < 4.78 is 0. The van der Waals surface area contributed by atoms with Crippen LogP contribution in [0.3, 0.4) is 0 Å². The molecule has 0 aromatic heterocycles. The molecule has 4 nitrogen and oxygen atoms in total. The van der Waals surface area contributed by atoms with Gasteiger partial charge in [-0.1, -0.05) is 6.92 Å². The highest BCUT2D eigenvalue weighted by Crippen LogP contribution is 2.25. The van der Waals surface area contributed by atoms with Crippen molar-refractivity contribution in [3.8, 4) is 0 Å². The molecule has 0 aromatic rings. The van der Waals surface area contributed by atoms with Crippen LogP contribution in [0.5, 0.6) is 0 Å². The van der Waals surface area contributed by atoms with Crippen LogP contribution in [-0.2, 0) is 4.79 Å². The van der Waals surface area contributed by atoms with Crippen LogP contribution in [0.4, 0.5) is 0 Å². The van der Waals surface area contributed by atoms with E-state index in [-0.39, 0.29) is 30.5 Å². The highest BCUT2D eigenvalue weighted by Gasteiger charge is 2.36. The fourth-order valence-electron chi connectivity index (χ4n) is 2.87. The van der Waals surface area contributed by atoms with E-state index in [1.54, 1.807) is 0 Å². The Bertz CT molecular complexity index is 251. The van der Waals surface area contributed by atoms with Crippen molar-refractivity contribution in [2.24, 2.45) is 5.92 Å². The summed E-state index contributed by atoms with van der Waals surface area (Å²) in [6.07, 6.45) is 4.19. The van der Waals surface area contributed by atoms with Gasteiger partial charge >= 0.3 is 0 Å². The number of carbonyl (C=O) groups is 1. The number of hydrogen-bond donors (Lipinski definition) is 2. The van der Waals surface area contributed by atoms with E-state index in [9.17, 15) is 9.90 Å². The molecule has 4 heteroatoms. The molecule has 2 rings (SSSR count). The Morgan fingerprint density at radius 2 is 2.31 bits per heavy atom. The van der Waals surface area contributed by atoms with E-state index >= 15 is 0 Å². The number of hydrogen-bond acceptors (Lipinski definition) is 3. The van der Waals surface area contributed by atoms with Crippen LogP contribution < -0.4 is 5.32 Å². The highest BCUT2D eigenvalue weighted by molar-refractivity contribution is 5.82. The minimum atomic E-state index is 0.0338. The lowest BCUT2D eigenvalue weighted by Crippen LogP contribution is -2.48. The first kappa shape index (κ1) is 11.9. The van der Waals surface area contributed by atoms with Crippen LogP contribution >= 0.6 is 0 Å². The molecule has 2 heterocycles. The van der Waals surface area contributed by atoms with Crippen molar-refractivity contribution in [3.05, 3.63) is 0 Å². The molecule has 2 N–H and O–H groups in total. The Morgan fingerprint density at radius 3 is 2.94 bits per heavy atom. The second-order valence-corrected chi connectivity index (χ2v) is 5.05. The molecule has 2 aliphatic heterocycles. The quantitative estimate of drug-likeness (QED) is 0.730. The summed E-state index contributed by atoms with van der Waals surface area (Å²) in [5, 5.41) is 12.5. The van der Waals surface area contributed by atoms with Gasteiger partial charge in [0.05, 0.1) is 6.04 Å². The summed E-state index contributed by atoms with van der Waals surface area (Å²) in [6.45, 7) is 4.03. The lowest BCUT2D eigenvalue weighted by Gasteiger charge is -2.30. The molecule has 0 radical (unpaired) electrons. The standard InChI is InChI=1S/C12H22N2O2/c1-9(8-15)11-5-3-7-14(11)12(16)10-4-2-6-13-10/h9-11,13,15H,2-8H2,1H3/t9?,10-,11-/m0/s1. The number of aliphatic hydroxyl groups excluding tert-OH is 1. The minimum absolute atomic E-state index is 0.0338. The van der Waals surface area contributed by atoms with Crippen molar-refractivity contribution >= 4 is 5.91 Å². The van der Waals surface area contributed by atoms with Gasteiger partial charge in [0.25, 0.3) is 0 Å². The molecule has 3 atom stereocenters. The molecule has 0 saturated carbocycles. The topological polar surface area (TPSA) is 52.6 Å². The highest BCUT2D eigenvalue weighted by atomic mass is 16.3. The first-order valence-electron chi connectivity index (χ1n) is 6.38. The number of aliphatic hydroxyl groups is 1. The van der Waals surface area contributed by atoms with Gasteiger partial charge in [0.1, 0.15) is 0 Å². The smallest absolute Gasteiger partial charge is 0.239 e. The molecule has 0 bridgehead atoms. The Kier molecular flexibility index (Phi) is 3.82. The minimum Gasteiger partial charge on any atom is -0.396 e. The number of nitrogens with one attached hydrogen (secondary N) is 1. The van der Waals surface area contributed by atoms with Gasteiger partial charge in [0.15, 0.2) is 0 Å². The Morgan fingerprint density at radius 1 is 1.50 bits per heavy atom. The zero-order valence-corrected chi connectivity index (χ0v) is 9.98. The fourth-order valence-corrected chi connectivity index (χ4v) is 2.87. The van der Waals surface area contributed by atoms with Crippen molar-refractivity contribution in [3.63, 3.8) is 0 Å². The molecule has 2 saturated heterocycles. The van der Waals surface area contributed by atoms with Crippen molar-refractivity contribution in [1.29, 1.82) is 0 Å². The lowest BCUT2D eigenvalue weighted by atomic mass is 10.00. The summed E-state index contributed by atoms with van der Waals surface area (Å²) >= 11 is 0. The van der Waals surface area contributed by atoms with E-state index in [1.165, 1.54) is 0 Å². The molecule has 0 aromatic carbocycles. The summed E-state index contributed by atoms with van der Waals surface area (Å²) in [5.74, 6) is 0.452. The second-order valence-electron chi connectivity index (χ2n) is 5.05. The van der Waals surface area contributed by atoms with Crippen LogP contribution in [0.2, 0.25) is 0 Å². The van der Waals surface area contributed by atoms with Crippen LogP contribution in [0.15, 0.2) is 0 Å². The predicted octanol–water partition coefficient (Wildman–Crippen LogP) is 0.358. The van der Waals surface area contributed by atoms with E-state index in [0.717, 1.165) is 38.8 Å². The summed E-state index contributed by atoms with van der Waals surface area (Å²) in [6, 6.07) is 0.284. The van der Waals surface area contributed by atoms with Gasteiger partial charge in [-0.3, -0.25) is 4.79 Å². The monoisotopic (exact) mass is 226 g/mol. The average molecular weight is 226 g/mol. The molecule has 2 aliphatic rings. The van der Waals surface area contributed by atoms with Crippen molar-refractivity contribution in [2.75, 3.05) is 19.7 Å². The number of rotatable bonds is 3. The van der Waals surface area contributed by atoms with Gasteiger partial charge < -0.3 is 15.3 Å². The lowest BCUT2D eigenvalue weighted by molar-refractivity contribution is -0.135. The molecule has 1 amide bonds. The van der Waals surface area contributed by atoms with E-state index < -0.39 is 0 Å². The third-order valence-corrected chi connectivity index (χ3v) is 3.89. The maximum Gasteiger partial charge on any atom is 0.239 e. The van der Waals surface area contributed by atoms with E-state index in [1.807, 2.05) is 11.8 Å². The number of nitrogens with zero attached hydrogens (tertiary/aromatic N) is 1. The molecule has 0 spiro atoms. The first-order valence-corrected chi connectivity index (χ1v) is 6.38. The largest absolute Gasteiger partial charge is 0.396 e. The predicted molar refractivity (Wildman–Crippen MR) is 62.0 cm³/mol. The van der Waals surface area contributed by atoms with Crippen molar-refractivity contribution < 1.29 is 9.90 Å². The molecule has 92 valence electrons. The third kappa shape index (κ3) is 2.23. The summed E-state index contributed by atoms with van der Waals surface area (Å²) in [5.41, 5.74) is 0. The molecule has 16 heavy (non-hydrogen) atoms. The maximum atomic E-state index is 12.3. The maximum absolute atomic E-state index is 12.3. The summed E-state index contributed by atoms with van der Waals surface area (Å²) in [4.78, 5) is 14.3. The third-order valence-electron chi connectivity index (χ3n) is 3.89. The Balaban J connectivity index is 1.98. The Labute approximate surface area is 97.0 Å². The van der Waals surface area contributed by atoms with Crippen LogP contribution in [0, 0.1) is 5.92 Å². The molecular weight excluding hydrogens is 204 g/mol.